The zero-order valence-electron chi connectivity index (χ0n) is 22.8. The third-order valence-electron chi connectivity index (χ3n) is 7.36. The molecular weight excluding hydrogens is 442 g/mol. The number of rotatable bonds is 2. The number of furan rings is 1. The first-order valence-electron chi connectivity index (χ1n) is 13.0. The molecule has 1 aliphatic heterocycles. The molecule has 0 N–H and O–H groups in total. The highest BCUT2D eigenvalue weighted by Gasteiger charge is 2.35. The summed E-state index contributed by atoms with van der Waals surface area (Å²) in [5, 5.41) is 6.08. The maximum Gasteiger partial charge on any atom is 0.228 e. The number of nitrogens with zero attached hydrogens (tertiary/aromatic N) is 1. The van der Waals surface area contributed by atoms with Crippen LogP contribution in [0.25, 0.3) is 43.8 Å². The van der Waals surface area contributed by atoms with E-state index in [-0.39, 0.29) is 10.8 Å². The molecular formula is C33H36NO2+. The van der Waals surface area contributed by atoms with Crippen molar-refractivity contribution in [1.29, 1.82) is 0 Å². The molecule has 0 aliphatic carbocycles. The molecule has 0 atom stereocenters. The lowest BCUT2D eigenvalue weighted by Crippen LogP contribution is -2.32. The van der Waals surface area contributed by atoms with Crippen molar-refractivity contribution in [3.63, 3.8) is 0 Å². The molecule has 3 aromatic carbocycles. The number of fused-ring (bicyclic) bond motifs is 5. The standard InChI is InChI=1S/C33H36NO2/c1-19-27-29-28-23(11-13-34(29)8)22-10-9-20(17-32(2,3)4)15-21(22)16-26(28)36-31(27)25(18-33(5,6)7)24-12-14-35-30(19)24/h9-16H,17-18H2,1-8H3/q+1. The van der Waals surface area contributed by atoms with Gasteiger partial charge in [-0.15, -0.1) is 0 Å². The molecule has 0 amide bonds. The summed E-state index contributed by atoms with van der Waals surface area (Å²) in [6.45, 7) is 15.9. The smallest absolute Gasteiger partial charge is 0.228 e. The molecule has 0 bridgehead atoms. The Balaban J connectivity index is 1.70. The van der Waals surface area contributed by atoms with Gasteiger partial charge in [0, 0.05) is 28.0 Å². The summed E-state index contributed by atoms with van der Waals surface area (Å²) in [7, 11) is 2.14. The van der Waals surface area contributed by atoms with Crippen LogP contribution in [0.3, 0.4) is 0 Å². The van der Waals surface area contributed by atoms with Crippen LogP contribution in [0.1, 0.15) is 58.2 Å². The van der Waals surface area contributed by atoms with Gasteiger partial charge in [-0.3, -0.25) is 0 Å². The molecule has 0 fully saturated rings. The molecule has 0 spiro atoms. The number of ether oxygens (including phenoxy) is 1. The quantitative estimate of drug-likeness (QED) is 0.184. The van der Waals surface area contributed by atoms with Crippen LogP contribution in [-0.4, -0.2) is 0 Å². The third-order valence-corrected chi connectivity index (χ3v) is 7.36. The Morgan fingerprint density at radius 1 is 0.833 bits per heavy atom. The molecule has 5 aromatic rings. The van der Waals surface area contributed by atoms with Crippen LogP contribution in [0.4, 0.5) is 0 Å². The van der Waals surface area contributed by atoms with Crippen molar-refractivity contribution in [3.8, 4) is 22.8 Å². The lowest BCUT2D eigenvalue weighted by atomic mass is 9.83. The monoisotopic (exact) mass is 478 g/mol. The third kappa shape index (κ3) is 3.59. The summed E-state index contributed by atoms with van der Waals surface area (Å²) in [5.41, 5.74) is 7.40. The summed E-state index contributed by atoms with van der Waals surface area (Å²) < 4.78 is 15.2. The highest BCUT2D eigenvalue weighted by atomic mass is 16.5. The minimum atomic E-state index is 0.107. The predicted molar refractivity (Wildman–Crippen MR) is 149 cm³/mol. The second-order valence-corrected chi connectivity index (χ2v) is 13.0. The first-order chi connectivity index (χ1) is 16.9. The predicted octanol–water partition coefficient (Wildman–Crippen LogP) is 8.82. The molecule has 0 unspecified atom stereocenters. The number of benzene rings is 3. The van der Waals surface area contributed by atoms with Gasteiger partial charge in [0.25, 0.3) is 0 Å². The molecule has 2 aromatic heterocycles. The van der Waals surface area contributed by atoms with E-state index in [0.29, 0.717) is 0 Å². The van der Waals surface area contributed by atoms with Crippen molar-refractivity contribution in [1.82, 2.24) is 0 Å². The van der Waals surface area contributed by atoms with Gasteiger partial charge in [-0.25, -0.2) is 4.57 Å². The Morgan fingerprint density at radius 3 is 2.31 bits per heavy atom. The fourth-order valence-corrected chi connectivity index (χ4v) is 6.02. The van der Waals surface area contributed by atoms with Gasteiger partial charge in [-0.1, -0.05) is 59.7 Å². The van der Waals surface area contributed by atoms with Crippen LogP contribution >= 0.6 is 0 Å². The van der Waals surface area contributed by atoms with Gasteiger partial charge < -0.3 is 9.15 Å². The summed E-state index contributed by atoms with van der Waals surface area (Å²) in [4.78, 5) is 0. The average Bonchev–Trinajstić information content (AvgIpc) is 3.26. The number of aryl methyl sites for hydroxylation is 2. The van der Waals surface area contributed by atoms with Crippen LogP contribution < -0.4 is 9.30 Å². The van der Waals surface area contributed by atoms with E-state index in [1.807, 2.05) is 6.26 Å². The van der Waals surface area contributed by atoms with E-state index in [1.54, 1.807) is 0 Å². The van der Waals surface area contributed by atoms with Crippen molar-refractivity contribution in [2.24, 2.45) is 17.9 Å². The SMILES string of the molecule is Cc1c2c(c(CC(C)(C)C)c3ccoc13)Oc1cc3cc(CC(C)(C)C)ccc3c3cc[n+](C)c-2c13. The zero-order chi connectivity index (χ0) is 25.6. The number of hydrogen-bond donors (Lipinski definition) is 0. The fourth-order valence-electron chi connectivity index (χ4n) is 6.02. The maximum atomic E-state index is 6.93. The Hall–Kier alpha value is -3.33. The van der Waals surface area contributed by atoms with Gasteiger partial charge in [0.1, 0.15) is 24.1 Å². The van der Waals surface area contributed by atoms with Gasteiger partial charge in [0.2, 0.25) is 5.69 Å². The molecule has 3 heteroatoms. The van der Waals surface area contributed by atoms with E-state index in [1.165, 1.54) is 38.4 Å². The van der Waals surface area contributed by atoms with Crippen molar-refractivity contribution in [2.45, 2.75) is 61.3 Å². The topological polar surface area (TPSA) is 26.2 Å². The van der Waals surface area contributed by atoms with E-state index in [2.05, 4.69) is 103 Å². The Kier molecular flexibility index (Phi) is 4.87. The number of aromatic nitrogens is 1. The van der Waals surface area contributed by atoms with Crippen molar-refractivity contribution < 1.29 is 13.7 Å². The number of hydrogen-bond acceptors (Lipinski definition) is 2. The summed E-state index contributed by atoms with van der Waals surface area (Å²) in [6, 6.07) is 13.5. The first-order valence-corrected chi connectivity index (χ1v) is 13.0. The lowest BCUT2D eigenvalue weighted by Gasteiger charge is -2.27. The molecule has 3 heterocycles. The Labute approximate surface area is 213 Å². The molecule has 0 saturated carbocycles. The van der Waals surface area contributed by atoms with Crippen LogP contribution in [0.5, 0.6) is 11.5 Å². The average molecular weight is 479 g/mol. The normalized spacial score (nSPS) is 13.4. The maximum absolute atomic E-state index is 6.93. The lowest BCUT2D eigenvalue weighted by molar-refractivity contribution is -0.659. The molecule has 1 aliphatic rings. The molecule has 0 radical (unpaired) electrons. The van der Waals surface area contributed by atoms with Crippen molar-refractivity contribution in [2.75, 3.05) is 0 Å². The van der Waals surface area contributed by atoms with Gasteiger partial charge in [-0.05, 0) is 59.1 Å². The second kappa shape index (κ2) is 7.59. The summed E-state index contributed by atoms with van der Waals surface area (Å²) >= 11 is 0. The van der Waals surface area contributed by atoms with Crippen LogP contribution in [0, 0.1) is 17.8 Å². The number of pyridine rings is 1. The van der Waals surface area contributed by atoms with E-state index in [9.17, 15) is 0 Å². The molecule has 184 valence electrons. The molecule has 36 heavy (non-hydrogen) atoms. The fraction of sp³-hybridized carbons (Fsp3) is 0.364. The Morgan fingerprint density at radius 2 is 1.58 bits per heavy atom. The summed E-state index contributed by atoms with van der Waals surface area (Å²) in [5.74, 6) is 1.93. The summed E-state index contributed by atoms with van der Waals surface area (Å²) in [6.07, 6.45) is 5.95. The van der Waals surface area contributed by atoms with E-state index >= 15 is 0 Å². The highest BCUT2D eigenvalue weighted by Crippen LogP contribution is 2.52. The van der Waals surface area contributed by atoms with Crippen LogP contribution in [-0.2, 0) is 19.9 Å². The van der Waals surface area contributed by atoms with Gasteiger partial charge >= 0.3 is 0 Å². The molecule has 3 nitrogen and oxygen atoms in total. The van der Waals surface area contributed by atoms with Gasteiger partial charge in [-0.2, -0.15) is 0 Å². The second-order valence-electron chi connectivity index (χ2n) is 13.0. The Bertz CT molecular complexity index is 1690. The van der Waals surface area contributed by atoms with Crippen LogP contribution in [0.15, 0.2) is 53.3 Å². The van der Waals surface area contributed by atoms with E-state index in [0.717, 1.165) is 46.4 Å². The van der Waals surface area contributed by atoms with E-state index < -0.39 is 0 Å². The minimum absolute atomic E-state index is 0.107. The molecule has 6 rings (SSSR count). The van der Waals surface area contributed by atoms with Crippen molar-refractivity contribution >= 4 is 32.5 Å². The largest absolute Gasteiger partial charge is 0.464 e. The highest BCUT2D eigenvalue weighted by molar-refractivity contribution is 6.16. The van der Waals surface area contributed by atoms with Gasteiger partial charge in [0.05, 0.1) is 17.2 Å². The molecule has 0 saturated heterocycles. The minimum Gasteiger partial charge on any atom is -0.464 e. The zero-order valence-corrected chi connectivity index (χ0v) is 22.8. The van der Waals surface area contributed by atoms with Crippen LogP contribution in [0.2, 0.25) is 0 Å². The van der Waals surface area contributed by atoms with E-state index in [4.69, 9.17) is 9.15 Å². The van der Waals surface area contributed by atoms with Gasteiger partial charge in [0.15, 0.2) is 6.20 Å². The first kappa shape index (κ1) is 23.1. The van der Waals surface area contributed by atoms with Crippen molar-refractivity contribution in [3.05, 3.63) is 65.5 Å².